The second kappa shape index (κ2) is 4.30. The topological polar surface area (TPSA) is 77.3 Å². The van der Waals surface area contributed by atoms with Crippen LogP contribution in [0.25, 0.3) is 10.9 Å². The number of anilines is 1. The van der Waals surface area contributed by atoms with Crippen LogP contribution in [0.5, 0.6) is 5.75 Å². The molecule has 1 N–H and O–H groups in total. The van der Waals surface area contributed by atoms with Crippen molar-refractivity contribution in [2.75, 3.05) is 11.9 Å². The summed E-state index contributed by atoms with van der Waals surface area (Å²) in [4.78, 5) is 15.3. The molecular weight excluding hydrogens is 338 g/mol. The van der Waals surface area contributed by atoms with Crippen molar-refractivity contribution in [2.24, 2.45) is 0 Å². The highest BCUT2D eigenvalue weighted by molar-refractivity contribution is 9.10. The minimum Gasteiger partial charge on any atom is -0.478 e. The van der Waals surface area contributed by atoms with E-state index in [0.29, 0.717) is 23.2 Å². The lowest BCUT2D eigenvalue weighted by atomic mass is 9.80. The normalized spacial score (nSPS) is 18.5. The first kappa shape index (κ1) is 12.8. The van der Waals surface area contributed by atoms with Gasteiger partial charge in [0.15, 0.2) is 0 Å². The molecule has 1 aliphatic carbocycles. The molecule has 0 bridgehead atoms. The van der Waals surface area contributed by atoms with Crippen LogP contribution in [-0.4, -0.2) is 22.1 Å². The maximum Gasteiger partial charge on any atom is 0.311 e. The fourth-order valence-corrected chi connectivity index (χ4v) is 3.43. The highest BCUT2D eigenvalue weighted by atomic mass is 79.9. The van der Waals surface area contributed by atoms with E-state index in [1.165, 1.54) is 6.07 Å². The molecule has 2 aromatic rings. The molecule has 2 aliphatic rings. The Kier molecular flexibility index (Phi) is 2.63. The van der Waals surface area contributed by atoms with Crippen molar-refractivity contribution >= 4 is 38.2 Å². The van der Waals surface area contributed by atoms with E-state index in [0.717, 1.165) is 29.4 Å². The SMILES string of the molecule is O=[N+]([O-])c1ccc2ncc(Br)c3c2c1OC1(CCC1)CN3. The number of ether oxygens (including phenoxy) is 1. The third-order valence-electron chi connectivity index (χ3n) is 4.29. The number of halogens is 1. The number of nitrogens with zero attached hydrogens (tertiary/aromatic N) is 2. The number of nitro groups is 1. The van der Waals surface area contributed by atoms with Crippen molar-refractivity contribution in [3.8, 4) is 5.75 Å². The highest BCUT2D eigenvalue weighted by Crippen LogP contribution is 2.48. The van der Waals surface area contributed by atoms with E-state index >= 15 is 0 Å². The van der Waals surface area contributed by atoms with Gasteiger partial charge in [0.25, 0.3) is 0 Å². The van der Waals surface area contributed by atoms with Crippen LogP contribution < -0.4 is 10.1 Å². The van der Waals surface area contributed by atoms with E-state index in [1.54, 1.807) is 12.3 Å². The Labute approximate surface area is 128 Å². The van der Waals surface area contributed by atoms with Crippen LogP contribution in [-0.2, 0) is 0 Å². The number of benzene rings is 1. The van der Waals surface area contributed by atoms with Crippen LogP contribution in [0.15, 0.2) is 22.8 Å². The predicted molar refractivity (Wildman–Crippen MR) is 81.8 cm³/mol. The lowest BCUT2D eigenvalue weighted by molar-refractivity contribution is -0.386. The molecule has 21 heavy (non-hydrogen) atoms. The lowest BCUT2D eigenvalue weighted by Gasteiger charge is -2.40. The van der Waals surface area contributed by atoms with E-state index in [1.807, 2.05) is 0 Å². The molecule has 0 amide bonds. The Morgan fingerprint density at radius 1 is 1.43 bits per heavy atom. The number of pyridine rings is 1. The average molecular weight is 350 g/mol. The Bertz CT molecular complexity index is 774. The minimum absolute atomic E-state index is 0.00127. The van der Waals surface area contributed by atoms with E-state index in [2.05, 4.69) is 26.2 Å². The average Bonchev–Trinajstić information content (AvgIpc) is 2.61. The van der Waals surface area contributed by atoms with Crippen LogP contribution in [0, 0.1) is 10.1 Å². The third-order valence-corrected chi connectivity index (χ3v) is 4.89. The molecule has 1 aromatic carbocycles. The van der Waals surface area contributed by atoms with Gasteiger partial charge in [-0.25, -0.2) is 0 Å². The molecule has 1 fully saturated rings. The first-order valence-corrected chi connectivity index (χ1v) is 7.57. The van der Waals surface area contributed by atoms with Gasteiger partial charge in [-0.2, -0.15) is 0 Å². The van der Waals surface area contributed by atoms with Crippen LogP contribution in [0.2, 0.25) is 0 Å². The summed E-state index contributed by atoms with van der Waals surface area (Å²) in [6.07, 6.45) is 4.61. The van der Waals surface area contributed by atoms with Crippen molar-refractivity contribution in [3.63, 3.8) is 0 Å². The summed E-state index contributed by atoms with van der Waals surface area (Å²) < 4.78 is 6.92. The third kappa shape index (κ3) is 1.80. The van der Waals surface area contributed by atoms with Gasteiger partial charge in [-0.15, -0.1) is 0 Å². The number of hydrogen-bond acceptors (Lipinski definition) is 5. The van der Waals surface area contributed by atoms with Crippen LogP contribution in [0.4, 0.5) is 11.4 Å². The van der Waals surface area contributed by atoms with E-state index in [9.17, 15) is 10.1 Å². The number of nitro benzene ring substituents is 1. The molecule has 7 heteroatoms. The Hall–Kier alpha value is -1.89. The molecule has 0 radical (unpaired) electrons. The van der Waals surface area contributed by atoms with E-state index in [4.69, 9.17) is 4.74 Å². The van der Waals surface area contributed by atoms with Crippen molar-refractivity contribution in [1.29, 1.82) is 0 Å². The maximum atomic E-state index is 11.3. The monoisotopic (exact) mass is 349 g/mol. The minimum atomic E-state index is -0.392. The molecular formula is C14H12BrN3O3. The quantitative estimate of drug-likeness (QED) is 0.628. The molecule has 1 spiro atoms. The molecule has 1 aliphatic heterocycles. The van der Waals surface area contributed by atoms with E-state index < -0.39 is 4.92 Å². The van der Waals surface area contributed by atoms with Gasteiger partial charge in [0.1, 0.15) is 5.60 Å². The molecule has 0 atom stereocenters. The first-order valence-electron chi connectivity index (χ1n) is 6.78. The fraction of sp³-hybridized carbons (Fsp3) is 0.357. The summed E-state index contributed by atoms with van der Waals surface area (Å²) >= 11 is 3.47. The van der Waals surface area contributed by atoms with Gasteiger partial charge < -0.3 is 10.1 Å². The summed E-state index contributed by atoms with van der Waals surface area (Å²) in [6.45, 7) is 0.649. The number of rotatable bonds is 1. The van der Waals surface area contributed by atoms with Gasteiger partial charge in [0.2, 0.25) is 5.75 Å². The van der Waals surface area contributed by atoms with Gasteiger partial charge in [-0.1, -0.05) is 0 Å². The van der Waals surface area contributed by atoms with Gasteiger partial charge in [-0.05, 0) is 41.3 Å². The fourth-order valence-electron chi connectivity index (χ4n) is 2.99. The highest BCUT2D eigenvalue weighted by Gasteiger charge is 2.43. The smallest absolute Gasteiger partial charge is 0.311 e. The molecule has 4 rings (SSSR count). The summed E-state index contributed by atoms with van der Waals surface area (Å²) in [7, 11) is 0. The summed E-state index contributed by atoms with van der Waals surface area (Å²) in [5.41, 5.74) is 1.18. The molecule has 1 aromatic heterocycles. The molecule has 0 saturated heterocycles. The van der Waals surface area contributed by atoms with Gasteiger partial charge in [0, 0.05) is 12.3 Å². The van der Waals surface area contributed by atoms with Crippen molar-refractivity contribution in [2.45, 2.75) is 24.9 Å². The van der Waals surface area contributed by atoms with Gasteiger partial charge >= 0.3 is 5.69 Å². The zero-order valence-corrected chi connectivity index (χ0v) is 12.6. The molecule has 2 heterocycles. The van der Waals surface area contributed by atoms with Crippen LogP contribution in [0.1, 0.15) is 19.3 Å². The molecule has 0 unspecified atom stereocenters. The second-order valence-corrected chi connectivity index (χ2v) is 6.39. The second-order valence-electron chi connectivity index (χ2n) is 5.54. The predicted octanol–water partition coefficient (Wildman–Crippen LogP) is 3.63. The largest absolute Gasteiger partial charge is 0.478 e. The van der Waals surface area contributed by atoms with Crippen molar-refractivity contribution in [3.05, 3.63) is 32.9 Å². The maximum absolute atomic E-state index is 11.3. The summed E-state index contributed by atoms with van der Waals surface area (Å²) in [5.74, 6) is 0.339. The van der Waals surface area contributed by atoms with Crippen LogP contribution >= 0.6 is 15.9 Å². The molecule has 108 valence electrons. The van der Waals surface area contributed by atoms with E-state index in [-0.39, 0.29) is 11.3 Å². The van der Waals surface area contributed by atoms with Crippen molar-refractivity contribution < 1.29 is 9.66 Å². The summed E-state index contributed by atoms with van der Waals surface area (Å²) in [5, 5.41) is 15.4. The number of hydrogen-bond donors (Lipinski definition) is 1. The zero-order chi connectivity index (χ0) is 14.6. The van der Waals surface area contributed by atoms with Crippen LogP contribution in [0.3, 0.4) is 0 Å². The summed E-state index contributed by atoms with van der Waals surface area (Å²) in [6, 6.07) is 3.14. The standard InChI is InChI=1S/C14H12BrN3O3/c15-8-6-16-9-2-3-10(18(19)20)13-11(9)12(8)17-7-14(21-13)4-1-5-14/h2-3,6,17H,1,4-5,7H2. The van der Waals surface area contributed by atoms with Gasteiger partial charge in [0.05, 0.1) is 32.5 Å². The number of aromatic nitrogens is 1. The first-order chi connectivity index (χ1) is 10.1. The Balaban J connectivity index is 2.05. The molecule has 6 nitrogen and oxygen atoms in total. The Morgan fingerprint density at radius 3 is 2.90 bits per heavy atom. The van der Waals surface area contributed by atoms with Gasteiger partial charge in [-0.3, -0.25) is 15.1 Å². The van der Waals surface area contributed by atoms with Crippen molar-refractivity contribution in [1.82, 2.24) is 4.98 Å². The number of nitrogens with one attached hydrogen (secondary N) is 1. The lowest BCUT2D eigenvalue weighted by Crippen LogP contribution is -2.48. The molecule has 1 saturated carbocycles. The Morgan fingerprint density at radius 2 is 2.24 bits per heavy atom. The zero-order valence-electron chi connectivity index (χ0n) is 11.1.